The Morgan fingerprint density at radius 3 is 1.16 bits per heavy atom. The maximum atomic E-state index is 7.93. The third kappa shape index (κ3) is 11.2. The molecule has 0 spiro atoms. The number of rotatable bonds is 20. The standard InChI is InChI=1S/C58H66O5/c1-5-57(3,45-31-35-51(36-32-45)59-47-25-13-14-26-47)55(41-43-19-17-29-53(39-43)61-49-21-9-7-10-22-49)63-56(42-44-20-18-30-54(40-44)62-50-23-11-8-12-24-50)58(4,6-2)46-33-37-52(38-34-46)60-48-27-15-16-28-48/h7-12,17-24,29-40,47-48,55-56H,5-6,13-16,25-28,41-42H2,1-4H3. The molecule has 0 amide bonds. The Labute approximate surface area is 376 Å². The Kier molecular flexibility index (Phi) is 14.5. The average molecular weight is 843 g/mol. The summed E-state index contributed by atoms with van der Waals surface area (Å²) in [5.74, 6) is 5.15. The first kappa shape index (κ1) is 44.1. The predicted octanol–water partition coefficient (Wildman–Crippen LogP) is 15.2. The van der Waals surface area contributed by atoms with Crippen LogP contribution in [0.3, 0.4) is 0 Å². The quantitative estimate of drug-likeness (QED) is 0.0766. The van der Waals surface area contributed by atoms with Crippen LogP contribution < -0.4 is 18.9 Å². The molecular formula is C58H66O5. The lowest BCUT2D eigenvalue weighted by molar-refractivity contribution is -0.0840. The molecule has 0 aromatic heterocycles. The number of para-hydroxylation sites is 2. The smallest absolute Gasteiger partial charge is 0.127 e. The molecular weight excluding hydrogens is 777 g/mol. The van der Waals surface area contributed by atoms with Crippen molar-refractivity contribution in [1.29, 1.82) is 0 Å². The van der Waals surface area contributed by atoms with Crippen molar-refractivity contribution in [3.63, 3.8) is 0 Å². The summed E-state index contributed by atoms with van der Waals surface area (Å²) < 4.78 is 33.6. The summed E-state index contributed by atoms with van der Waals surface area (Å²) in [5.41, 5.74) is 4.11. The van der Waals surface area contributed by atoms with Crippen molar-refractivity contribution < 1.29 is 23.7 Å². The van der Waals surface area contributed by atoms with E-state index in [1.54, 1.807) is 0 Å². The molecule has 0 N–H and O–H groups in total. The molecule has 8 rings (SSSR count). The van der Waals surface area contributed by atoms with Crippen molar-refractivity contribution in [2.45, 2.75) is 140 Å². The summed E-state index contributed by atoms with van der Waals surface area (Å²) in [7, 11) is 0. The van der Waals surface area contributed by atoms with Gasteiger partial charge >= 0.3 is 0 Å². The molecule has 2 aliphatic carbocycles. The zero-order chi connectivity index (χ0) is 43.5. The van der Waals surface area contributed by atoms with E-state index < -0.39 is 0 Å². The lowest BCUT2D eigenvalue weighted by Gasteiger charge is -2.45. The molecule has 5 nitrogen and oxygen atoms in total. The molecule has 2 fully saturated rings. The van der Waals surface area contributed by atoms with Gasteiger partial charge in [-0.3, -0.25) is 0 Å². The SMILES string of the molecule is CCC(C)(c1ccc(OC2CCCC2)cc1)C(Cc1cccc(Oc2ccccc2)c1)OC(Cc1cccc(Oc2ccccc2)c1)C(C)(CC)c1ccc(OC2CCCC2)cc1. The fourth-order valence-electron chi connectivity index (χ4n) is 9.66. The second kappa shape index (κ2) is 20.8. The zero-order valence-corrected chi connectivity index (χ0v) is 37.8. The third-order valence-corrected chi connectivity index (χ3v) is 14.1. The summed E-state index contributed by atoms with van der Waals surface area (Å²) in [6.07, 6.45) is 12.8. The lowest BCUT2D eigenvalue weighted by atomic mass is 9.71. The van der Waals surface area contributed by atoms with Gasteiger partial charge in [-0.15, -0.1) is 0 Å². The van der Waals surface area contributed by atoms with E-state index in [2.05, 4.69) is 113 Å². The van der Waals surface area contributed by atoms with E-state index in [0.29, 0.717) is 25.0 Å². The number of ether oxygens (including phenoxy) is 5. The maximum absolute atomic E-state index is 7.93. The summed E-state index contributed by atoms with van der Waals surface area (Å²) in [6, 6.07) is 54.9. The Bertz CT molecular complexity index is 2130. The van der Waals surface area contributed by atoms with Crippen molar-refractivity contribution in [3.05, 3.63) is 180 Å². The zero-order valence-electron chi connectivity index (χ0n) is 37.8. The first-order valence-corrected chi connectivity index (χ1v) is 23.6. The van der Waals surface area contributed by atoms with Crippen LogP contribution in [0.25, 0.3) is 0 Å². The summed E-state index contributed by atoms with van der Waals surface area (Å²) >= 11 is 0. The van der Waals surface area contributed by atoms with Crippen LogP contribution in [0.2, 0.25) is 0 Å². The van der Waals surface area contributed by atoms with Crippen molar-refractivity contribution in [1.82, 2.24) is 0 Å². The Balaban J connectivity index is 1.17. The average Bonchev–Trinajstić information content (AvgIpc) is 4.05. The second-order valence-electron chi connectivity index (χ2n) is 18.3. The minimum atomic E-state index is -0.355. The van der Waals surface area contributed by atoms with Crippen molar-refractivity contribution in [2.75, 3.05) is 0 Å². The van der Waals surface area contributed by atoms with Gasteiger partial charge in [-0.2, -0.15) is 0 Å². The third-order valence-electron chi connectivity index (χ3n) is 14.1. The molecule has 0 heterocycles. The van der Waals surface area contributed by atoms with Gasteiger partial charge in [0, 0.05) is 10.8 Å². The van der Waals surface area contributed by atoms with Crippen LogP contribution in [0.1, 0.15) is 114 Å². The van der Waals surface area contributed by atoms with Gasteiger partial charge in [0.15, 0.2) is 0 Å². The maximum Gasteiger partial charge on any atom is 0.127 e. The Hall–Kier alpha value is -5.52. The topological polar surface area (TPSA) is 46.2 Å². The van der Waals surface area contributed by atoms with Crippen LogP contribution in [-0.2, 0) is 28.4 Å². The van der Waals surface area contributed by atoms with Gasteiger partial charge in [-0.1, -0.05) is 113 Å². The largest absolute Gasteiger partial charge is 0.490 e. The molecule has 6 aromatic rings. The predicted molar refractivity (Wildman–Crippen MR) is 256 cm³/mol. The highest BCUT2D eigenvalue weighted by molar-refractivity contribution is 5.39. The molecule has 4 unspecified atom stereocenters. The van der Waals surface area contributed by atoms with Crippen molar-refractivity contribution in [2.24, 2.45) is 0 Å². The van der Waals surface area contributed by atoms with Crippen LogP contribution in [0, 0.1) is 0 Å². The molecule has 6 aromatic carbocycles. The minimum Gasteiger partial charge on any atom is -0.490 e. The molecule has 328 valence electrons. The van der Waals surface area contributed by atoms with Crippen LogP contribution in [0.5, 0.6) is 34.5 Å². The van der Waals surface area contributed by atoms with E-state index >= 15 is 0 Å². The number of benzene rings is 6. The van der Waals surface area contributed by atoms with Crippen LogP contribution in [0.4, 0.5) is 0 Å². The van der Waals surface area contributed by atoms with E-state index in [1.165, 1.54) is 36.8 Å². The first-order chi connectivity index (χ1) is 30.8. The molecule has 0 aliphatic heterocycles. The van der Waals surface area contributed by atoms with E-state index in [1.807, 2.05) is 72.8 Å². The summed E-state index contributed by atoms with van der Waals surface area (Å²) in [5, 5.41) is 0. The van der Waals surface area contributed by atoms with E-state index in [9.17, 15) is 0 Å². The van der Waals surface area contributed by atoms with Gasteiger partial charge in [-0.05, 0) is 172 Å². The van der Waals surface area contributed by atoms with Crippen LogP contribution in [-0.4, -0.2) is 24.4 Å². The highest BCUT2D eigenvalue weighted by Crippen LogP contribution is 2.43. The number of hydrogen-bond donors (Lipinski definition) is 0. The fraction of sp³-hybridized carbons (Fsp3) is 0.379. The fourth-order valence-corrected chi connectivity index (χ4v) is 9.66. The van der Waals surface area contributed by atoms with E-state index in [0.717, 1.165) is 84.1 Å². The van der Waals surface area contributed by atoms with Gasteiger partial charge in [0.2, 0.25) is 0 Å². The van der Waals surface area contributed by atoms with Crippen LogP contribution in [0.15, 0.2) is 158 Å². The lowest BCUT2D eigenvalue weighted by Crippen LogP contribution is -2.48. The highest BCUT2D eigenvalue weighted by Gasteiger charge is 2.43. The number of hydrogen-bond acceptors (Lipinski definition) is 5. The highest BCUT2D eigenvalue weighted by atomic mass is 16.5. The van der Waals surface area contributed by atoms with Gasteiger partial charge in [0.1, 0.15) is 34.5 Å². The van der Waals surface area contributed by atoms with E-state index in [4.69, 9.17) is 23.7 Å². The Morgan fingerprint density at radius 2 is 0.794 bits per heavy atom. The molecule has 4 atom stereocenters. The molecule has 0 radical (unpaired) electrons. The molecule has 0 saturated heterocycles. The second-order valence-corrected chi connectivity index (χ2v) is 18.3. The first-order valence-electron chi connectivity index (χ1n) is 23.6. The summed E-state index contributed by atoms with van der Waals surface area (Å²) in [6.45, 7) is 9.38. The van der Waals surface area contributed by atoms with Gasteiger partial charge in [0.05, 0.1) is 24.4 Å². The Morgan fingerprint density at radius 1 is 0.429 bits per heavy atom. The molecule has 2 aliphatic rings. The van der Waals surface area contributed by atoms with Crippen LogP contribution >= 0.6 is 0 Å². The van der Waals surface area contributed by atoms with Gasteiger partial charge in [0.25, 0.3) is 0 Å². The summed E-state index contributed by atoms with van der Waals surface area (Å²) in [4.78, 5) is 0. The minimum absolute atomic E-state index is 0.208. The van der Waals surface area contributed by atoms with E-state index in [-0.39, 0.29) is 23.0 Å². The van der Waals surface area contributed by atoms with Crippen molar-refractivity contribution >= 4 is 0 Å². The molecule has 0 bridgehead atoms. The molecule has 63 heavy (non-hydrogen) atoms. The van der Waals surface area contributed by atoms with Gasteiger partial charge in [-0.25, -0.2) is 0 Å². The molecule has 5 heteroatoms. The monoisotopic (exact) mass is 842 g/mol. The van der Waals surface area contributed by atoms with Crippen molar-refractivity contribution in [3.8, 4) is 34.5 Å². The molecule has 2 saturated carbocycles. The normalized spacial score (nSPS) is 17.3. The van der Waals surface area contributed by atoms with Gasteiger partial charge < -0.3 is 23.7 Å².